The van der Waals surface area contributed by atoms with E-state index in [-0.39, 0.29) is 11.9 Å². The van der Waals surface area contributed by atoms with Crippen molar-refractivity contribution < 1.29 is 14.3 Å². The molecular weight excluding hydrogens is 336 g/mol. The molecule has 146 valence electrons. The maximum atomic E-state index is 12.4. The van der Waals surface area contributed by atoms with E-state index >= 15 is 0 Å². The number of carbonyl (C=O) groups is 2. The topological polar surface area (TPSA) is 43.4 Å². The Morgan fingerprint density at radius 2 is 2.07 bits per heavy atom. The molecule has 3 rings (SSSR count). The van der Waals surface area contributed by atoms with Gasteiger partial charge in [-0.2, -0.15) is 0 Å². The van der Waals surface area contributed by atoms with Gasteiger partial charge >= 0.3 is 5.97 Å². The number of hydrogen-bond donors (Lipinski definition) is 0. The molecule has 0 heterocycles. The number of hydrogen-bond acceptors (Lipinski definition) is 3. The molecule has 0 N–H and O–H groups in total. The summed E-state index contributed by atoms with van der Waals surface area (Å²) in [6.45, 7) is 2.23. The Bertz CT molecular complexity index is 691. The zero-order valence-corrected chi connectivity index (χ0v) is 16.7. The largest absolute Gasteiger partial charge is 0.469 e. The second kappa shape index (κ2) is 9.34. The van der Waals surface area contributed by atoms with Gasteiger partial charge in [0.25, 0.3) is 0 Å². The van der Waals surface area contributed by atoms with E-state index in [1.807, 2.05) is 12.1 Å². The Balaban J connectivity index is 1.54. The molecule has 1 aromatic rings. The third kappa shape index (κ3) is 5.09. The molecule has 3 nitrogen and oxygen atoms in total. The van der Waals surface area contributed by atoms with Crippen LogP contribution >= 0.6 is 0 Å². The zero-order valence-electron chi connectivity index (χ0n) is 16.7. The fourth-order valence-electron chi connectivity index (χ4n) is 4.67. The molecule has 0 radical (unpaired) electrons. The van der Waals surface area contributed by atoms with E-state index in [1.54, 1.807) is 0 Å². The van der Waals surface area contributed by atoms with Crippen LogP contribution in [-0.4, -0.2) is 18.9 Å². The standard InChI is InChI=1S/C24H32O3/c1-3-4-5-6-7-11-19-20-16-22(25)21(24(19)20)15-18-10-8-9-17(14-18)12-13-23(26)27-2/h7-11,14,19-21,24H,3-6,12-13,15-16H2,1-2H3. The van der Waals surface area contributed by atoms with E-state index in [1.165, 1.54) is 38.4 Å². The van der Waals surface area contributed by atoms with Crippen molar-refractivity contribution in [2.75, 3.05) is 7.11 Å². The maximum Gasteiger partial charge on any atom is 0.305 e. The Morgan fingerprint density at radius 3 is 2.85 bits per heavy atom. The zero-order chi connectivity index (χ0) is 19.2. The molecule has 2 fully saturated rings. The summed E-state index contributed by atoms with van der Waals surface area (Å²) in [4.78, 5) is 23.8. The van der Waals surface area contributed by atoms with E-state index in [9.17, 15) is 9.59 Å². The third-order valence-electron chi connectivity index (χ3n) is 6.23. The molecule has 0 aromatic heterocycles. The van der Waals surface area contributed by atoms with Gasteiger partial charge in [0, 0.05) is 18.8 Å². The summed E-state index contributed by atoms with van der Waals surface area (Å²) >= 11 is 0. The van der Waals surface area contributed by atoms with Gasteiger partial charge in [-0.25, -0.2) is 0 Å². The number of aryl methyl sites for hydroxylation is 1. The molecule has 0 bridgehead atoms. The van der Waals surface area contributed by atoms with Crippen LogP contribution in [0.1, 0.15) is 56.6 Å². The fourth-order valence-corrected chi connectivity index (χ4v) is 4.67. The van der Waals surface area contributed by atoms with Gasteiger partial charge in [0.05, 0.1) is 7.11 Å². The van der Waals surface area contributed by atoms with Crippen molar-refractivity contribution in [3.63, 3.8) is 0 Å². The molecule has 3 heteroatoms. The van der Waals surface area contributed by atoms with Gasteiger partial charge in [-0.3, -0.25) is 9.59 Å². The van der Waals surface area contributed by atoms with Gasteiger partial charge in [-0.15, -0.1) is 0 Å². The maximum absolute atomic E-state index is 12.4. The lowest BCUT2D eigenvalue weighted by atomic mass is 9.90. The summed E-state index contributed by atoms with van der Waals surface area (Å²) < 4.78 is 4.72. The number of esters is 1. The highest BCUT2D eigenvalue weighted by Crippen LogP contribution is 2.60. The van der Waals surface area contributed by atoms with Crippen LogP contribution in [0.2, 0.25) is 0 Å². The fraction of sp³-hybridized carbons (Fsp3) is 0.583. The van der Waals surface area contributed by atoms with E-state index in [0.717, 1.165) is 18.4 Å². The minimum Gasteiger partial charge on any atom is -0.469 e. The first kappa shape index (κ1) is 19.9. The number of methoxy groups -OCH3 is 1. The predicted molar refractivity (Wildman–Crippen MR) is 107 cm³/mol. The van der Waals surface area contributed by atoms with E-state index < -0.39 is 0 Å². The van der Waals surface area contributed by atoms with E-state index in [0.29, 0.717) is 36.4 Å². The van der Waals surface area contributed by atoms with Crippen LogP contribution in [-0.2, 0) is 27.2 Å². The number of unbranched alkanes of at least 4 members (excludes halogenated alkanes) is 3. The SMILES string of the molecule is CCCCCC=CC1C2CC(=O)C(Cc3cccc(CCC(=O)OC)c3)C12. The number of allylic oxidation sites excluding steroid dienone is 2. The number of carbonyl (C=O) groups excluding carboxylic acids is 2. The van der Waals surface area contributed by atoms with Gasteiger partial charge in [-0.05, 0) is 54.6 Å². The first-order chi connectivity index (χ1) is 13.1. The summed E-state index contributed by atoms with van der Waals surface area (Å²) in [5.74, 6) is 2.21. The van der Waals surface area contributed by atoms with Gasteiger partial charge in [0.2, 0.25) is 0 Å². The number of fused-ring (bicyclic) bond motifs is 1. The molecule has 0 aliphatic heterocycles. The number of ketones is 1. The Labute approximate surface area is 163 Å². The van der Waals surface area contributed by atoms with Crippen molar-refractivity contribution in [3.05, 3.63) is 47.5 Å². The summed E-state index contributed by atoms with van der Waals surface area (Å²) in [5.41, 5.74) is 2.36. The van der Waals surface area contributed by atoms with Crippen LogP contribution in [0.25, 0.3) is 0 Å². The lowest BCUT2D eigenvalue weighted by molar-refractivity contribution is -0.140. The number of Topliss-reactive ketones (excluding diaryl/α,β-unsaturated/α-hetero) is 1. The second-order valence-corrected chi connectivity index (χ2v) is 8.12. The minimum absolute atomic E-state index is 0.177. The van der Waals surface area contributed by atoms with E-state index in [4.69, 9.17) is 4.74 Å². The highest BCUT2D eigenvalue weighted by molar-refractivity contribution is 5.86. The summed E-state index contributed by atoms with van der Waals surface area (Å²) in [6, 6.07) is 8.35. The Hall–Kier alpha value is -1.90. The first-order valence-corrected chi connectivity index (χ1v) is 10.5. The number of rotatable bonds is 10. The van der Waals surface area contributed by atoms with Gasteiger partial charge in [0.1, 0.15) is 5.78 Å². The lowest BCUT2D eigenvalue weighted by Gasteiger charge is -2.13. The first-order valence-electron chi connectivity index (χ1n) is 10.5. The molecule has 0 saturated heterocycles. The molecule has 2 saturated carbocycles. The highest BCUT2D eigenvalue weighted by atomic mass is 16.5. The Morgan fingerprint density at radius 1 is 1.26 bits per heavy atom. The third-order valence-corrected chi connectivity index (χ3v) is 6.23. The van der Waals surface area contributed by atoms with Crippen molar-refractivity contribution in [1.29, 1.82) is 0 Å². The minimum atomic E-state index is -0.180. The molecule has 0 spiro atoms. The predicted octanol–water partition coefficient (Wildman–Crippen LogP) is 4.92. The summed E-state index contributed by atoms with van der Waals surface area (Å²) in [6.07, 6.45) is 12.4. The van der Waals surface area contributed by atoms with Crippen molar-refractivity contribution in [1.82, 2.24) is 0 Å². The molecular formula is C24H32O3. The van der Waals surface area contributed by atoms with Gasteiger partial charge in [-0.1, -0.05) is 56.2 Å². The summed E-state index contributed by atoms with van der Waals surface area (Å²) in [5, 5.41) is 0. The van der Waals surface area contributed by atoms with E-state index in [2.05, 4.69) is 31.2 Å². The van der Waals surface area contributed by atoms with Crippen molar-refractivity contribution in [2.24, 2.45) is 23.7 Å². The second-order valence-electron chi connectivity index (χ2n) is 8.12. The summed E-state index contributed by atoms with van der Waals surface area (Å²) in [7, 11) is 1.42. The molecule has 4 atom stereocenters. The van der Waals surface area contributed by atoms with Crippen LogP contribution in [0, 0.1) is 23.7 Å². The van der Waals surface area contributed by atoms with Gasteiger partial charge < -0.3 is 4.74 Å². The normalized spacial score (nSPS) is 26.4. The van der Waals surface area contributed by atoms with Crippen molar-refractivity contribution >= 4 is 11.8 Å². The Kier molecular flexibility index (Phi) is 6.87. The van der Waals surface area contributed by atoms with Gasteiger partial charge in [0.15, 0.2) is 0 Å². The van der Waals surface area contributed by atoms with Crippen LogP contribution in [0.4, 0.5) is 0 Å². The van der Waals surface area contributed by atoms with Crippen LogP contribution in [0.3, 0.4) is 0 Å². The average molecular weight is 369 g/mol. The smallest absolute Gasteiger partial charge is 0.305 e. The monoisotopic (exact) mass is 368 g/mol. The van der Waals surface area contributed by atoms with Crippen molar-refractivity contribution in [3.8, 4) is 0 Å². The van der Waals surface area contributed by atoms with Crippen LogP contribution in [0.5, 0.6) is 0 Å². The molecule has 4 unspecified atom stereocenters. The lowest BCUT2D eigenvalue weighted by Crippen LogP contribution is -2.16. The molecule has 2 aliphatic carbocycles. The number of ether oxygens (including phenoxy) is 1. The quantitative estimate of drug-likeness (QED) is 0.334. The van der Waals surface area contributed by atoms with Crippen LogP contribution in [0.15, 0.2) is 36.4 Å². The average Bonchev–Trinajstić information content (AvgIpc) is 3.24. The number of benzene rings is 1. The molecule has 0 amide bonds. The molecule has 1 aromatic carbocycles. The molecule has 2 aliphatic rings. The van der Waals surface area contributed by atoms with Crippen LogP contribution < -0.4 is 0 Å². The van der Waals surface area contributed by atoms with Crippen molar-refractivity contribution in [2.45, 2.75) is 58.3 Å². The highest BCUT2D eigenvalue weighted by Gasteiger charge is 2.59. The molecule has 27 heavy (non-hydrogen) atoms.